The van der Waals surface area contributed by atoms with E-state index in [0.717, 1.165) is 24.0 Å². The smallest absolute Gasteiger partial charge is 0.239 e. The third-order valence-electron chi connectivity index (χ3n) is 3.25. The van der Waals surface area contributed by atoms with Crippen LogP contribution in [0.1, 0.15) is 24.6 Å². The van der Waals surface area contributed by atoms with Crippen LogP contribution in [0.3, 0.4) is 0 Å². The number of benzene rings is 1. The van der Waals surface area contributed by atoms with Crippen LogP contribution in [0.5, 0.6) is 0 Å². The Hall–Kier alpha value is -1.51. The number of primary sulfonamides is 1. The minimum absolute atomic E-state index is 0.0599. The second-order valence-corrected chi connectivity index (χ2v) is 7.29. The average Bonchev–Trinajstić information content (AvgIpc) is 2.40. The molecule has 8 heteroatoms. The van der Waals surface area contributed by atoms with Gasteiger partial charge in [0.25, 0.3) is 0 Å². The Morgan fingerprint density at radius 2 is 2.00 bits per heavy atom. The number of rotatable bonds is 4. The van der Waals surface area contributed by atoms with Crippen molar-refractivity contribution in [3.05, 3.63) is 34.1 Å². The van der Waals surface area contributed by atoms with Crippen molar-refractivity contribution in [1.82, 2.24) is 9.97 Å². The third-order valence-corrected chi connectivity index (χ3v) is 5.38. The Morgan fingerprint density at radius 1 is 1.32 bits per heavy atom. The van der Waals surface area contributed by atoms with Crippen molar-refractivity contribution in [2.24, 2.45) is 5.14 Å². The highest BCUT2D eigenvalue weighted by Gasteiger charge is 2.18. The summed E-state index contributed by atoms with van der Waals surface area (Å²) in [5, 5.41) is 5.32. The number of anilines is 1. The molecule has 0 atom stereocenters. The van der Waals surface area contributed by atoms with Crippen LogP contribution in [0.4, 0.5) is 5.95 Å². The van der Waals surface area contributed by atoms with E-state index < -0.39 is 10.0 Å². The number of hydrogen-bond donors (Lipinski definition) is 2. The summed E-state index contributed by atoms with van der Waals surface area (Å²) in [5.41, 5.74) is 8.54. The predicted molar refractivity (Wildman–Crippen MR) is 89.7 cm³/mol. The lowest BCUT2D eigenvalue weighted by molar-refractivity contribution is 0.597. The van der Waals surface area contributed by atoms with Gasteiger partial charge in [-0.15, -0.1) is 0 Å². The molecule has 0 fully saturated rings. The van der Waals surface area contributed by atoms with Gasteiger partial charge in [0.15, 0.2) is 0 Å². The molecule has 2 rings (SSSR count). The molecule has 4 N–H and O–H groups in total. The van der Waals surface area contributed by atoms with Crippen LogP contribution in [0.25, 0.3) is 11.1 Å². The van der Waals surface area contributed by atoms with Gasteiger partial charge < -0.3 is 5.73 Å². The molecule has 22 heavy (non-hydrogen) atoms. The molecule has 0 spiro atoms. The summed E-state index contributed by atoms with van der Waals surface area (Å²) >= 11 is 3.34. The molecule has 0 aliphatic heterocycles. The van der Waals surface area contributed by atoms with Gasteiger partial charge in [-0.2, -0.15) is 0 Å². The Balaban J connectivity index is 2.73. The summed E-state index contributed by atoms with van der Waals surface area (Å²) in [6.45, 7) is 3.82. The topological polar surface area (TPSA) is 112 Å². The molecule has 0 saturated heterocycles. The lowest BCUT2D eigenvalue weighted by atomic mass is 10.0. The molecule has 0 aliphatic rings. The first kappa shape index (κ1) is 16.9. The van der Waals surface area contributed by atoms with Gasteiger partial charge in [0, 0.05) is 16.2 Å². The first-order chi connectivity index (χ1) is 10.2. The zero-order chi connectivity index (χ0) is 16.5. The summed E-state index contributed by atoms with van der Waals surface area (Å²) < 4.78 is 24.2. The molecule has 0 saturated carbocycles. The van der Waals surface area contributed by atoms with E-state index in [0.29, 0.717) is 15.7 Å². The molecule has 1 aromatic heterocycles. The molecular weight excluding hydrogens is 368 g/mol. The van der Waals surface area contributed by atoms with Crippen LogP contribution in [0.15, 0.2) is 27.7 Å². The molecule has 0 radical (unpaired) electrons. The Morgan fingerprint density at radius 3 is 2.55 bits per heavy atom. The van der Waals surface area contributed by atoms with Crippen molar-refractivity contribution in [2.75, 3.05) is 5.73 Å². The molecule has 118 valence electrons. The number of hydrogen-bond acceptors (Lipinski definition) is 5. The maximum absolute atomic E-state index is 11.8. The zero-order valence-electron chi connectivity index (χ0n) is 12.3. The minimum Gasteiger partial charge on any atom is -0.368 e. The van der Waals surface area contributed by atoms with Crippen LogP contribution in [-0.4, -0.2) is 18.4 Å². The van der Waals surface area contributed by atoms with Crippen molar-refractivity contribution < 1.29 is 8.42 Å². The van der Waals surface area contributed by atoms with Crippen LogP contribution in [0, 0.1) is 6.92 Å². The van der Waals surface area contributed by atoms with Crippen molar-refractivity contribution in [1.29, 1.82) is 0 Å². The van der Waals surface area contributed by atoms with E-state index in [1.807, 2.05) is 13.0 Å². The first-order valence-corrected chi connectivity index (χ1v) is 9.02. The lowest BCUT2D eigenvalue weighted by Crippen LogP contribution is -2.14. The standard InChI is InChI=1S/C14H17BrN4O2S/c1-3-4-9-5-10(6-12(13(9)15)22(17,20)21)11-7-18-14(16)19-8(11)2/h5-7H,3-4H2,1-2H3,(H2,16,18,19)(H2,17,20,21). The minimum atomic E-state index is -3.84. The highest BCUT2D eigenvalue weighted by molar-refractivity contribution is 9.10. The van der Waals surface area contributed by atoms with Crippen LogP contribution in [-0.2, 0) is 16.4 Å². The van der Waals surface area contributed by atoms with E-state index in [1.165, 1.54) is 6.07 Å². The monoisotopic (exact) mass is 384 g/mol. The van der Waals surface area contributed by atoms with Gasteiger partial charge >= 0.3 is 0 Å². The largest absolute Gasteiger partial charge is 0.368 e. The van der Waals surface area contributed by atoms with E-state index >= 15 is 0 Å². The normalized spacial score (nSPS) is 11.6. The van der Waals surface area contributed by atoms with E-state index in [2.05, 4.69) is 25.9 Å². The zero-order valence-corrected chi connectivity index (χ0v) is 14.7. The van der Waals surface area contributed by atoms with Crippen molar-refractivity contribution in [3.63, 3.8) is 0 Å². The molecule has 6 nitrogen and oxygen atoms in total. The van der Waals surface area contributed by atoms with Gasteiger partial charge in [-0.25, -0.2) is 23.5 Å². The first-order valence-electron chi connectivity index (χ1n) is 6.68. The number of aromatic nitrogens is 2. The number of halogens is 1. The quantitative estimate of drug-likeness (QED) is 0.839. The Bertz CT molecular complexity index is 822. The maximum atomic E-state index is 11.8. The molecule has 0 amide bonds. The Kier molecular flexibility index (Phi) is 4.84. The van der Waals surface area contributed by atoms with Gasteiger partial charge in [0.1, 0.15) is 0 Å². The Labute approximate surface area is 138 Å². The van der Waals surface area contributed by atoms with Gasteiger partial charge in [-0.05, 0) is 52.5 Å². The molecule has 2 aromatic rings. The fraction of sp³-hybridized carbons (Fsp3) is 0.286. The predicted octanol–water partition coefficient (Wildman–Crippen LogP) is 2.40. The molecule has 0 unspecified atom stereocenters. The highest BCUT2D eigenvalue weighted by atomic mass is 79.9. The van der Waals surface area contributed by atoms with E-state index in [4.69, 9.17) is 10.9 Å². The van der Waals surface area contributed by atoms with Gasteiger partial charge in [-0.3, -0.25) is 0 Å². The summed E-state index contributed by atoms with van der Waals surface area (Å²) in [4.78, 5) is 8.15. The number of aryl methyl sites for hydroxylation is 2. The average molecular weight is 385 g/mol. The molecule has 1 heterocycles. The van der Waals surface area contributed by atoms with Gasteiger partial charge in [0.2, 0.25) is 16.0 Å². The van der Waals surface area contributed by atoms with Gasteiger partial charge in [0.05, 0.1) is 10.6 Å². The number of nitrogens with two attached hydrogens (primary N) is 2. The maximum Gasteiger partial charge on any atom is 0.239 e. The van der Waals surface area contributed by atoms with E-state index in [9.17, 15) is 8.42 Å². The number of sulfonamides is 1. The second-order valence-electron chi connectivity index (χ2n) is 4.97. The lowest BCUT2D eigenvalue weighted by Gasteiger charge is -2.13. The second kappa shape index (κ2) is 6.31. The van der Waals surface area contributed by atoms with Crippen LogP contribution < -0.4 is 10.9 Å². The summed E-state index contributed by atoms with van der Waals surface area (Å²) in [6.07, 6.45) is 3.19. The van der Waals surface area contributed by atoms with Gasteiger partial charge in [-0.1, -0.05) is 13.3 Å². The van der Waals surface area contributed by atoms with Crippen molar-refractivity contribution >= 4 is 31.9 Å². The van der Waals surface area contributed by atoms with E-state index in [-0.39, 0.29) is 10.8 Å². The van der Waals surface area contributed by atoms with Crippen LogP contribution >= 0.6 is 15.9 Å². The highest BCUT2D eigenvalue weighted by Crippen LogP contribution is 2.33. The fourth-order valence-corrected chi connectivity index (χ4v) is 4.01. The molecule has 1 aromatic carbocycles. The fourth-order valence-electron chi connectivity index (χ4n) is 2.24. The summed E-state index contributed by atoms with van der Waals surface area (Å²) in [5.74, 6) is 0.179. The number of nitrogen functional groups attached to an aromatic ring is 1. The summed E-state index contributed by atoms with van der Waals surface area (Å²) in [6, 6.07) is 3.45. The molecule has 0 aliphatic carbocycles. The van der Waals surface area contributed by atoms with Crippen molar-refractivity contribution in [2.45, 2.75) is 31.6 Å². The van der Waals surface area contributed by atoms with Crippen molar-refractivity contribution in [3.8, 4) is 11.1 Å². The molecular formula is C14H17BrN4O2S. The molecule has 0 bridgehead atoms. The van der Waals surface area contributed by atoms with E-state index in [1.54, 1.807) is 13.1 Å². The van der Waals surface area contributed by atoms with Crippen LogP contribution in [0.2, 0.25) is 0 Å². The SMILES string of the molecule is CCCc1cc(-c2cnc(N)nc2C)cc(S(N)(=O)=O)c1Br. The number of nitrogens with zero attached hydrogens (tertiary/aromatic N) is 2. The summed E-state index contributed by atoms with van der Waals surface area (Å²) in [7, 11) is -3.84. The third kappa shape index (κ3) is 3.45.